The minimum absolute atomic E-state index is 0. The summed E-state index contributed by atoms with van der Waals surface area (Å²) in [6.45, 7) is 2.43. The van der Waals surface area contributed by atoms with Gasteiger partial charge in [0.05, 0.1) is 12.8 Å². The van der Waals surface area contributed by atoms with Gasteiger partial charge in [-0.1, -0.05) is 121 Å². The van der Waals surface area contributed by atoms with E-state index < -0.39 is 7.26 Å². The molecule has 0 aliphatic heterocycles. The molecule has 0 atom stereocenters. The van der Waals surface area contributed by atoms with Crippen molar-refractivity contribution in [3.05, 3.63) is 187 Å². The topological polar surface area (TPSA) is 27.7 Å². The zero-order valence-electron chi connectivity index (χ0n) is 28.6. The molecule has 6 aromatic carbocycles. The largest absolute Gasteiger partial charge is 1.00 e. The second-order valence-electron chi connectivity index (χ2n) is 12.3. The van der Waals surface area contributed by atoms with E-state index in [0.29, 0.717) is 19.8 Å². The molecule has 0 aliphatic rings. The zero-order chi connectivity index (χ0) is 33.4. The van der Waals surface area contributed by atoms with Crippen LogP contribution in [0.4, 0.5) is 0 Å². The first-order valence-corrected chi connectivity index (χ1v) is 19.4. The molecule has 256 valence electrons. The van der Waals surface area contributed by atoms with E-state index in [4.69, 9.17) is 14.2 Å². The monoisotopic (exact) mass is 744 g/mol. The Kier molecular flexibility index (Phi) is 14.7. The molecular formula is C45H46BrO3P. The normalized spacial score (nSPS) is 11.0. The first kappa shape index (κ1) is 37.1. The van der Waals surface area contributed by atoms with Crippen LogP contribution in [-0.2, 0) is 24.4 Å². The van der Waals surface area contributed by atoms with Crippen LogP contribution in [0.2, 0.25) is 0 Å². The van der Waals surface area contributed by atoms with Gasteiger partial charge in [0, 0.05) is 6.61 Å². The van der Waals surface area contributed by atoms with Crippen molar-refractivity contribution in [2.45, 2.75) is 38.9 Å². The summed E-state index contributed by atoms with van der Waals surface area (Å²) >= 11 is 0. The molecule has 0 unspecified atom stereocenters. The standard InChI is InChI=1S/C45H46O3P.BrH/c1-7-19-39(20-8-1)36-47-44-30-29-38(35-45(44)48-37-40-21-9-2-10-22-40)31-33-46-32-17-6-18-34-49(41-23-11-3-12-24-41,42-25-13-4-14-26-42)43-27-15-5-16-28-43;/h1-5,7-16,19-30,35H,6,17-18,31-34,36-37H2;1H/q+1;/p-1. The van der Waals surface area contributed by atoms with Crippen molar-refractivity contribution in [3.8, 4) is 11.5 Å². The van der Waals surface area contributed by atoms with E-state index in [-0.39, 0.29) is 17.0 Å². The molecule has 0 aromatic heterocycles. The molecule has 6 rings (SSSR count). The highest BCUT2D eigenvalue weighted by atomic mass is 79.9. The Morgan fingerprint density at radius 2 is 0.860 bits per heavy atom. The van der Waals surface area contributed by atoms with Crippen molar-refractivity contribution in [1.82, 2.24) is 0 Å². The molecule has 0 bridgehead atoms. The summed E-state index contributed by atoms with van der Waals surface area (Å²) in [6, 6.07) is 60.2. The Morgan fingerprint density at radius 1 is 0.400 bits per heavy atom. The Morgan fingerprint density at radius 3 is 1.36 bits per heavy atom. The molecule has 0 radical (unpaired) electrons. The van der Waals surface area contributed by atoms with Gasteiger partial charge in [0.25, 0.3) is 0 Å². The van der Waals surface area contributed by atoms with Crippen molar-refractivity contribution in [2.75, 3.05) is 19.4 Å². The highest BCUT2D eigenvalue weighted by Crippen LogP contribution is 2.56. The number of halogens is 1. The van der Waals surface area contributed by atoms with Gasteiger partial charge in [-0.2, -0.15) is 0 Å². The molecule has 0 N–H and O–H groups in total. The van der Waals surface area contributed by atoms with Gasteiger partial charge in [0.15, 0.2) is 11.5 Å². The van der Waals surface area contributed by atoms with E-state index in [1.54, 1.807) is 0 Å². The maximum atomic E-state index is 6.28. The summed E-state index contributed by atoms with van der Waals surface area (Å²) in [5.74, 6) is 1.52. The van der Waals surface area contributed by atoms with Crippen LogP contribution in [0.5, 0.6) is 11.5 Å². The summed E-state index contributed by atoms with van der Waals surface area (Å²) in [5, 5.41) is 4.35. The minimum atomic E-state index is -1.77. The molecule has 50 heavy (non-hydrogen) atoms. The number of hydrogen-bond acceptors (Lipinski definition) is 3. The average molecular weight is 746 g/mol. The molecule has 0 saturated carbocycles. The van der Waals surface area contributed by atoms with Crippen LogP contribution in [0.25, 0.3) is 0 Å². The highest BCUT2D eigenvalue weighted by Gasteiger charge is 2.44. The predicted octanol–water partition coefficient (Wildman–Crippen LogP) is 6.57. The van der Waals surface area contributed by atoms with Gasteiger partial charge in [-0.05, 0) is 90.9 Å². The summed E-state index contributed by atoms with van der Waals surface area (Å²) in [7, 11) is -1.77. The second-order valence-corrected chi connectivity index (χ2v) is 15.9. The third-order valence-corrected chi connectivity index (χ3v) is 13.4. The van der Waals surface area contributed by atoms with Gasteiger partial charge in [0.1, 0.15) is 36.4 Å². The van der Waals surface area contributed by atoms with Crippen molar-refractivity contribution in [2.24, 2.45) is 0 Å². The quantitative estimate of drug-likeness (QED) is 0.0737. The molecule has 0 amide bonds. The number of hydrogen-bond donors (Lipinski definition) is 0. The molecule has 0 spiro atoms. The number of rotatable bonds is 18. The number of benzene rings is 6. The van der Waals surface area contributed by atoms with Gasteiger partial charge in [-0.25, -0.2) is 0 Å². The first-order chi connectivity index (χ1) is 24.3. The van der Waals surface area contributed by atoms with Crippen LogP contribution < -0.4 is 42.4 Å². The number of unbranched alkanes of at least 4 members (excludes halogenated alkanes) is 2. The molecular weight excluding hydrogens is 699 g/mol. The Hall–Kier alpha value is -4.21. The maximum absolute atomic E-state index is 6.28. The second kappa shape index (κ2) is 19.8. The Bertz CT molecular complexity index is 1710. The molecule has 6 aromatic rings. The van der Waals surface area contributed by atoms with Crippen molar-refractivity contribution >= 4 is 23.2 Å². The van der Waals surface area contributed by atoms with E-state index in [9.17, 15) is 0 Å². The van der Waals surface area contributed by atoms with Crippen LogP contribution in [0.15, 0.2) is 170 Å². The molecule has 0 fully saturated rings. The summed E-state index contributed by atoms with van der Waals surface area (Å²) in [5.41, 5.74) is 3.43. The Balaban J connectivity index is 0.00000486. The fraction of sp³-hybridized carbons (Fsp3) is 0.200. The maximum Gasteiger partial charge on any atom is 0.161 e. The highest BCUT2D eigenvalue weighted by molar-refractivity contribution is 7.95. The summed E-state index contributed by atoms with van der Waals surface area (Å²) < 4.78 is 18.7. The van der Waals surface area contributed by atoms with E-state index in [0.717, 1.165) is 61.1 Å². The van der Waals surface area contributed by atoms with Gasteiger partial charge in [0.2, 0.25) is 0 Å². The van der Waals surface area contributed by atoms with Gasteiger partial charge in [-0.3, -0.25) is 0 Å². The van der Waals surface area contributed by atoms with Crippen molar-refractivity contribution in [3.63, 3.8) is 0 Å². The molecule has 3 nitrogen and oxygen atoms in total. The minimum Gasteiger partial charge on any atom is -1.00 e. The molecule has 0 aliphatic carbocycles. The Labute approximate surface area is 309 Å². The SMILES string of the molecule is [Br-].c1ccc(COc2ccc(CCOCCCCC[P+](c3ccccc3)(c3ccccc3)c3ccccc3)cc2OCc2ccccc2)cc1. The average Bonchev–Trinajstić information content (AvgIpc) is 3.18. The predicted molar refractivity (Wildman–Crippen MR) is 206 cm³/mol. The number of ether oxygens (including phenoxy) is 3. The van der Waals surface area contributed by atoms with E-state index in [1.807, 2.05) is 42.5 Å². The lowest BCUT2D eigenvalue weighted by Gasteiger charge is -2.27. The summed E-state index contributed by atoms with van der Waals surface area (Å²) in [4.78, 5) is 0. The van der Waals surface area contributed by atoms with Crippen molar-refractivity contribution < 1.29 is 31.2 Å². The van der Waals surface area contributed by atoms with Crippen LogP contribution in [-0.4, -0.2) is 19.4 Å². The molecule has 5 heteroatoms. The molecule has 0 heterocycles. The fourth-order valence-corrected chi connectivity index (χ4v) is 10.7. The summed E-state index contributed by atoms with van der Waals surface area (Å²) in [6.07, 6.45) is 5.32. The molecule has 0 saturated heterocycles. The van der Waals surface area contributed by atoms with Crippen molar-refractivity contribution in [1.29, 1.82) is 0 Å². The first-order valence-electron chi connectivity index (χ1n) is 17.4. The lowest BCUT2D eigenvalue weighted by Crippen LogP contribution is -3.00. The fourth-order valence-electron chi connectivity index (χ4n) is 6.31. The lowest BCUT2D eigenvalue weighted by molar-refractivity contribution is -0.0000110. The van der Waals surface area contributed by atoms with E-state index >= 15 is 0 Å². The van der Waals surface area contributed by atoms with Crippen LogP contribution >= 0.6 is 7.26 Å². The van der Waals surface area contributed by atoms with Gasteiger partial charge < -0.3 is 31.2 Å². The zero-order valence-corrected chi connectivity index (χ0v) is 31.1. The van der Waals surface area contributed by atoms with E-state index in [1.165, 1.54) is 21.5 Å². The lowest BCUT2D eigenvalue weighted by atomic mass is 10.1. The van der Waals surface area contributed by atoms with Crippen LogP contribution in [0.1, 0.15) is 36.0 Å². The van der Waals surface area contributed by atoms with Gasteiger partial charge >= 0.3 is 0 Å². The van der Waals surface area contributed by atoms with E-state index in [2.05, 4.69) is 127 Å². The third kappa shape index (κ3) is 10.2. The smallest absolute Gasteiger partial charge is 0.161 e. The van der Waals surface area contributed by atoms with Gasteiger partial charge in [-0.15, -0.1) is 0 Å². The van der Waals surface area contributed by atoms with Crippen LogP contribution in [0, 0.1) is 0 Å². The third-order valence-electron chi connectivity index (χ3n) is 8.89. The van der Waals surface area contributed by atoms with Crippen LogP contribution in [0.3, 0.4) is 0 Å².